The molecule has 1 aromatic rings. The molecule has 0 unspecified atom stereocenters. The first-order valence-electron chi connectivity index (χ1n) is 8.74. The molecule has 9 heteroatoms. The lowest BCUT2D eigenvalue weighted by Crippen LogP contribution is -2.51. The van der Waals surface area contributed by atoms with Crippen molar-refractivity contribution in [3.8, 4) is 0 Å². The molecular weight excluding hydrogens is 364 g/mol. The Kier molecular flexibility index (Phi) is 5.59. The average Bonchev–Trinajstić information content (AvgIpc) is 3.39. The van der Waals surface area contributed by atoms with Crippen LogP contribution in [0.1, 0.15) is 19.8 Å². The van der Waals surface area contributed by atoms with Crippen molar-refractivity contribution in [3.05, 3.63) is 29.8 Å². The van der Waals surface area contributed by atoms with Gasteiger partial charge in [0.15, 0.2) is 0 Å². The highest BCUT2D eigenvalue weighted by Gasteiger charge is 2.32. The molecule has 2 aliphatic rings. The SMILES string of the molecule is C[C@@H](NC(=O)CN1CCN(S(=O)(=O)c2ccc(F)cc2F)CC1)C1CC1. The van der Waals surface area contributed by atoms with Gasteiger partial charge in [0, 0.05) is 38.3 Å². The second-order valence-corrected chi connectivity index (χ2v) is 8.85. The van der Waals surface area contributed by atoms with E-state index in [1.807, 2.05) is 11.8 Å². The Morgan fingerprint density at radius 2 is 1.88 bits per heavy atom. The number of sulfonamides is 1. The van der Waals surface area contributed by atoms with Crippen molar-refractivity contribution in [2.45, 2.75) is 30.7 Å². The number of amides is 1. The van der Waals surface area contributed by atoms with Crippen molar-refractivity contribution in [3.63, 3.8) is 0 Å². The zero-order valence-corrected chi connectivity index (χ0v) is 15.4. The Morgan fingerprint density at radius 3 is 2.46 bits per heavy atom. The van der Waals surface area contributed by atoms with Gasteiger partial charge in [0.25, 0.3) is 0 Å². The van der Waals surface area contributed by atoms with Gasteiger partial charge in [0.05, 0.1) is 6.54 Å². The molecule has 1 aliphatic carbocycles. The molecular formula is C17H23F2N3O3S. The van der Waals surface area contributed by atoms with Gasteiger partial charge in [0.1, 0.15) is 16.5 Å². The van der Waals surface area contributed by atoms with Gasteiger partial charge < -0.3 is 5.32 Å². The molecule has 1 aromatic carbocycles. The molecule has 1 saturated carbocycles. The van der Waals surface area contributed by atoms with Gasteiger partial charge in [-0.15, -0.1) is 0 Å². The van der Waals surface area contributed by atoms with Crippen molar-refractivity contribution in [1.29, 1.82) is 0 Å². The number of carbonyl (C=O) groups is 1. The molecule has 1 saturated heterocycles. The molecule has 3 rings (SSSR count). The van der Waals surface area contributed by atoms with E-state index in [0.29, 0.717) is 25.1 Å². The summed E-state index contributed by atoms with van der Waals surface area (Å²) >= 11 is 0. The predicted molar refractivity (Wildman–Crippen MR) is 91.9 cm³/mol. The molecule has 6 nitrogen and oxygen atoms in total. The maximum absolute atomic E-state index is 13.8. The van der Waals surface area contributed by atoms with E-state index in [-0.39, 0.29) is 31.6 Å². The zero-order chi connectivity index (χ0) is 18.9. The van der Waals surface area contributed by atoms with Crippen molar-refractivity contribution >= 4 is 15.9 Å². The van der Waals surface area contributed by atoms with Gasteiger partial charge in [-0.3, -0.25) is 9.69 Å². The fourth-order valence-corrected chi connectivity index (χ4v) is 4.64. The normalized spacial score (nSPS) is 20.7. The van der Waals surface area contributed by atoms with Crippen molar-refractivity contribution in [2.24, 2.45) is 5.92 Å². The molecule has 1 heterocycles. The number of halogens is 2. The predicted octanol–water partition coefficient (Wildman–Crippen LogP) is 1.19. The molecule has 1 N–H and O–H groups in total. The molecule has 2 fully saturated rings. The minimum atomic E-state index is -4.02. The van der Waals surface area contributed by atoms with Gasteiger partial charge in [-0.25, -0.2) is 17.2 Å². The summed E-state index contributed by atoms with van der Waals surface area (Å²) < 4.78 is 53.1. The number of nitrogens with zero attached hydrogens (tertiary/aromatic N) is 2. The summed E-state index contributed by atoms with van der Waals surface area (Å²) in [6, 6.07) is 2.61. The van der Waals surface area contributed by atoms with E-state index in [1.165, 1.54) is 4.31 Å². The number of nitrogens with one attached hydrogen (secondary N) is 1. The first kappa shape index (κ1) is 19.2. The third-order valence-electron chi connectivity index (χ3n) is 4.93. The fourth-order valence-electron chi connectivity index (χ4n) is 3.17. The van der Waals surface area contributed by atoms with E-state index in [9.17, 15) is 22.0 Å². The van der Waals surface area contributed by atoms with Crippen LogP contribution in [0.2, 0.25) is 0 Å². The number of benzene rings is 1. The van der Waals surface area contributed by atoms with E-state index in [4.69, 9.17) is 0 Å². The monoisotopic (exact) mass is 387 g/mol. The molecule has 0 spiro atoms. The largest absolute Gasteiger partial charge is 0.352 e. The van der Waals surface area contributed by atoms with Crippen LogP contribution in [-0.4, -0.2) is 62.3 Å². The van der Waals surface area contributed by atoms with Crippen LogP contribution in [0.5, 0.6) is 0 Å². The number of piperazine rings is 1. The van der Waals surface area contributed by atoms with E-state index in [2.05, 4.69) is 5.32 Å². The van der Waals surface area contributed by atoms with Crippen molar-refractivity contribution in [1.82, 2.24) is 14.5 Å². The Bertz CT molecular complexity index is 775. The third kappa shape index (κ3) is 4.39. The smallest absolute Gasteiger partial charge is 0.246 e. The number of hydrogen-bond donors (Lipinski definition) is 1. The molecule has 1 atom stereocenters. The Hall–Kier alpha value is -1.58. The molecule has 144 valence electrons. The fraction of sp³-hybridized carbons (Fsp3) is 0.588. The first-order chi connectivity index (χ1) is 12.3. The number of carbonyl (C=O) groups excluding carboxylic acids is 1. The minimum Gasteiger partial charge on any atom is -0.352 e. The third-order valence-corrected chi connectivity index (χ3v) is 6.86. The second kappa shape index (κ2) is 7.58. The lowest BCUT2D eigenvalue weighted by molar-refractivity contribution is -0.123. The maximum atomic E-state index is 13.8. The van der Waals surface area contributed by atoms with Gasteiger partial charge in [-0.05, 0) is 37.8 Å². The van der Waals surface area contributed by atoms with Gasteiger partial charge in [-0.1, -0.05) is 0 Å². The molecule has 1 amide bonds. The topological polar surface area (TPSA) is 69.7 Å². The number of rotatable bonds is 6. The molecule has 0 aromatic heterocycles. The van der Waals surface area contributed by atoms with Crippen LogP contribution in [0.15, 0.2) is 23.1 Å². The standard InChI is InChI=1S/C17H23F2N3O3S/c1-12(13-2-3-13)20-17(23)11-21-6-8-22(9-7-21)26(24,25)16-5-4-14(18)10-15(16)19/h4-5,10,12-13H,2-3,6-9,11H2,1H3,(H,20,23)/t12-/m1/s1. The Labute approximate surface area is 152 Å². The molecule has 0 radical (unpaired) electrons. The van der Waals surface area contributed by atoms with E-state index >= 15 is 0 Å². The summed E-state index contributed by atoms with van der Waals surface area (Å²) in [6.45, 7) is 3.29. The average molecular weight is 387 g/mol. The Morgan fingerprint density at radius 1 is 1.23 bits per heavy atom. The van der Waals surface area contributed by atoms with Crippen LogP contribution in [0, 0.1) is 17.6 Å². The molecule has 1 aliphatic heterocycles. The van der Waals surface area contributed by atoms with Gasteiger partial charge >= 0.3 is 0 Å². The zero-order valence-electron chi connectivity index (χ0n) is 14.6. The summed E-state index contributed by atoms with van der Waals surface area (Å²) in [6.07, 6.45) is 2.30. The van der Waals surface area contributed by atoms with Crippen molar-refractivity contribution < 1.29 is 22.0 Å². The van der Waals surface area contributed by atoms with E-state index in [1.54, 1.807) is 0 Å². The highest BCUT2D eigenvalue weighted by molar-refractivity contribution is 7.89. The first-order valence-corrected chi connectivity index (χ1v) is 10.2. The summed E-state index contributed by atoms with van der Waals surface area (Å²) in [4.78, 5) is 13.4. The van der Waals surface area contributed by atoms with Crippen LogP contribution in [-0.2, 0) is 14.8 Å². The summed E-state index contributed by atoms with van der Waals surface area (Å²) in [5.74, 6) is -1.41. The van der Waals surface area contributed by atoms with E-state index in [0.717, 1.165) is 25.0 Å². The number of hydrogen-bond acceptors (Lipinski definition) is 4. The summed E-state index contributed by atoms with van der Waals surface area (Å²) in [7, 11) is -4.02. The summed E-state index contributed by atoms with van der Waals surface area (Å²) in [5.41, 5.74) is 0. The van der Waals surface area contributed by atoms with Crippen LogP contribution in [0.4, 0.5) is 8.78 Å². The maximum Gasteiger partial charge on any atom is 0.246 e. The van der Waals surface area contributed by atoms with Crippen molar-refractivity contribution in [2.75, 3.05) is 32.7 Å². The Balaban J connectivity index is 1.54. The van der Waals surface area contributed by atoms with Gasteiger partial charge in [-0.2, -0.15) is 4.31 Å². The highest BCUT2D eigenvalue weighted by atomic mass is 32.2. The minimum absolute atomic E-state index is 0.0645. The van der Waals surface area contributed by atoms with Crippen LogP contribution < -0.4 is 5.32 Å². The van der Waals surface area contributed by atoms with E-state index < -0.39 is 26.6 Å². The lowest BCUT2D eigenvalue weighted by atomic mass is 10.2. The van der Waals surface area contributed by atoms with Crippen LogP contribution >= 0.6 is 0 Å². The lowest BCUT2D eigenvalue weighted by Gasteiger charge is -2.33. The summed E-state index contributed by atoms with van der Waals surface area (Å²) in [5, 5.41) is 2.97. The second-order valence-electron chi connectivity index (χ2n) is 6.95. The quantitative estimate of drug-likeness (QED) is 0.796. The van der Waals surface area contributed by atoms with Gasteiger partial charge in [0.2, 0.25) is 15.9 Å². The van der Waals surface area contributed by atoms with Crippen LogP contribution in [0.25, 0.3) is 0 Å². The molecule has 26 heavy (non-hydrogen) atoms. The van der Waals surface area contributed by atoms with Crippen LogP contribution in [0.3, 0.4) is 0 Å². The highest BCUT2D eigenvalue weighted by Crippen LogP contribution is 2.32. The molecule has 0 bridgehead atoms.